The summed E-state index contributed by atoms with van der Waals surface area (Å²) in [5, 5.41) is 0. The van der Waals surface area contributed by atoms with E-state index in [1.807, 2.05) is 63.2 Å². The van der Waals surface area contributed by atoms with Gasteiger partial charge in [0.15, 0.2) is 0 Å². The molecular weight excluding hydrogens is 312 g/mol. The van der Waals surface area contributed by atoms with Crippen molar-refractivity contribution >= 4 is 23.2 Å². The van der Waals surface area contributed by atoms with Gasteiger partial charge in [-0.3, -0.25) is 9.69 Å². The number of benzene rings is 1. The zero-order chi connectivity index (χ0) is 18.0. The molecule has 1 aliphatic rings. The molecule has 0 aliphatic carbocycles. The summed E-state index contributed by atoms with van der Waals surface area (Å²) < 4.78 is 5.23. The number of carbonyl (C=O) groups is 1. The van der Waals surface area contributed by atoms with Gasteiger partial charge < -0.3 is 4.74 Å². The zero-order valence-electron chi connectivity index (χ0n) is 15.0. The molecule has 0 unspecified atom stereocenters. The Balaban J connectivity index is 2.00. The first kappa shape index (κ1) is 17.0. The maximum absolute atomic E-state index is 13.0. The van der Waals surface area contributed by atoms with Crippen LogP contribution in [0.4, 0.5) is 5.69 Å². The number of allylic oxidation sites excluding steroid dienone is 1. The molecule has 25 heavy (non-hydrogen) atoms. The van der Waals surface area contributed by atoms with Crippen LogP contribution in [0.5, 0.6) is 5.88 Å². The van der Waals surface area contributed by atoms with Gasteiger partial charge in [0.25, 0.3) is 5.91 Å². The number of hydrogen-bond donors (Lipinski definition) is 0. The van der Waals surface area contributed by atoms with Gasteiger partial charge in [-0.05, 0) is 44.1 Å². The van der Waals surface area contributed by atoms with E-state index in [1.165, 1.54) is 0 Å². The Morgan fingerprint density at radius 3 is 2.56 bits per heavy atom. The molecule has 0 radical (unpaired) electrons. The van der Waals surface area contributed by atoms with E-state index in [-0.39, 0.29) is 5.91 Å². The van der Waals surface area contributed by atoms with Crippen LogP contribution in [-0.2, 0) is 4.79 Å². The number of methoxy groups -OCH3 is 1. The van der Waals surface area contributed by atoms with E-state index in [0.29, 0.717) is 5.88 Å². The van der Waals surface area contributed by atoms with Gasteiger partial charge in [-0.2, -0.15) is 0 Å². The van der Waals surface area contributed by atoms with Crippen molar-refractivity contribution in [2.75, 3.05) is 12.0 Å². The highest BCUT2D eigenvalue weighted by Crippen LogP contribution is 2.39. The normalized spacial score (nSPS) is 15.7. The average molecular weight is 334 g/mol. The van der Waals surface area contributed by atoms with E-state index in [0.717, 1.165) is 22.5 Å². The summed E-state index contributed by atoms with van der Waals surface area (Å²) in [6.07, 6.45) is 5.51. The first-order valence-electron chi connectivity index (χ1n) is 8.24. The smallest absolute Gasteiger partial charge is 0.251 e. The van der Waals surface area contributed by atoms with Gasteiger partial charge in [-0.15, -0.1) is 0 Å². The Bertz CT molecular complexity index is 851. The molecule has 0 bridgehead atoms. The molecule has 0 saturated carbocycles. The van der Waals surface area contributed by atoms with E-state index in [9.17, 15) is 4.79 Å². The number of pyridine rings is 1. The molecule has 0 saturated heterocycles. The Morgan fingerprint density at radius 2 is 1.88 bits per heavy atom. The Morgan fingerprint density at radius 1 is 1.16 bits per heavy atom. The maximum Gasteiger partial charge on any atom is 0.251 e. The van der Waals surface area contributed by atoms with Crippen LogP contribution in [0.15, 0.2) is 54.6 Å². The van der Waals surface area contributed by atoms with Crippen molar-refractivity contribution in [3.8, 4) is 5.88 Å². The van der Waals surface area contributed by atoms with Crippen LogP contribution >= 0.6 is 0 Å². The minimum absolute atomic E-state index is 0.0779. The summed E-state index contributed by atoms with van der Waals surface area (Å²) in [5.41, 5.74) is 3.17. The number of fused-ring (bicyclic) bond motifs is 1. The molecule has 4 nitrogen and oxygen atoms in total. The molecule has 3 rings (SSSR count). The average Bonchev–Trinajstić information content (AvgIpc) is 2.60. The third kappa shape index (κ3) is 3.33. The van der Waals surface area contributed by atoms with Crippen LogP contribution in [0.3, 0.4) is 0 Å². The van der Waals surface area contributed by atoms with E-state index >= 15 is 0 Å². The summed E-state index contributed by atoms with van der Waals surface area (Å²) in [7, 11) is 1.59. The summed E-state index contributed by atoms with van der Waals surface area (Å²) >= 11 is 0. The molecule has 2 aromatic rings. The van der Waals surface area contributed by atoms with Gasteiger partial charge in [0.05, 0.1) is 24.0 Å². The number of anilines is 1. The predicted octanol–water partition coefficient (Wildman–Crippen LogP) is 4.33. The molecule has 0 spiro atoms. The highest BCUT2D eigenvalue weighted by molar-refractivity contribution is 6.07. The molecule has 2 heterocycles. The SMILES string of the molecule is COc1ccc2c(n1)C(C)=CC(C)(C)N2C(=O)/C=C/c1ccccc1. The lowest BCUT2D eigenvalue weighted by molar-refractivity contribution is -0.114. The van der Waals surface area contributed by atoms with Crippen LogP contribution in [0.2, 0.25) is 0 Å². The van der Waals surface area contributed by atoms with Gasteiger partial charge >= 0.3 is 0 Å². The van der Waals surface area contributed by atoms with Crippen molar-refractivity contribution in [2.45, 2.75) is 26.3 Å². The second kappa shape index (κ2) is 6.55. The number of rotatable bonds is 3. The number of nitrogens with zero attached hydrogens (tertiary/aromatic N) is 2. The molecule has 1 amide bonds. The topological polar surface area (TPSA) is 42.4 Å². The Kier molecular flexibility index (Phi) is 4.45. The van der Waals surface area contributed by atoms with Crippen LogP contribution in [0.25, 0.3) is 11.6 Å². The van der Waals surface area contributed by atoms with E-state index in [2.05, 4.69) is 11.1 Å². The molecule has 0 N–H and O–H groups in total. The Labute approximate surface area is 148 Å². The van der Waals surface area contributed by atoms with Crippen LogP contribution in [0, 0.1) is 0 Å². The molecule has 1 aliphatic heterocycles. The minimum Gasteiger partial charge on any atom is -0.481 e. The number of carbonyl (C=O) groups excluding carboxylic acids is 1. The standard InChI is InChI=1S/C21H22N2O2/c1-15-14-21(2,3)23(17-11-12-18(25-4)22-20(15)17)19(24)13-10-16-8-6-5-7-9-16/h5-14H,1-4H3/b13-10+. The fraction of sp³-hybridized carbons (Fsp3) is 0.238. The van der Waals surface area contributed by atoms with Crippen molar-refractivity contribution in [1.82, 2.24) is 4.98 Å². The first-order valence-corrected chi connectivity index (χ1v) is 8.24. The van der Waals surface area contributed by atoms with Crippen LogP contribution in [-0.4, -0.2) is 23.5 Å². The van der Waals surface area contributed by atoms with Crippen molar-refractivity contribution in [1.29, 1.82) is 0 Å². The fourth-order valence-electron chi connectivity index (χ4n) is 3.20. The summed E-state index contributed by atoms with van der Waals surface area (Å²) in [4.78, 5) is 19.3. The van der Waals surface area contributed by atoms with Gasteiger partial charge in [0.1, 0.15) is 0 Å². The predicted molar refractivity (Wildman–Crippen MR) is 101 cm³/mol. The monoisotopic (exact) mass is 334 g/mol. The highest BCUT2D eigenvalue weighted by Gasteiger charge is 2.35. The van der Waals surface area contributed by atoms with E-state index < -0.39 is 5.54 Å². The molecular formula is C21H22N2O2. The van der Waals surface area contributed by atoms with Crippen LogP contribution in [0.1, 0.15) is 32.0 Å². The number of amides is 1. The number of ether oxygens (including phenoxy) is 1. The van der Waals surface area contributed by atoms with E-state index in [4.69, 9.17) is 4.74 Å². The van der Waals surface area contributed by atoms with Crippen molar-refractivity contribution in [3.63, 3.8) is 0 Å². The molecule has 128 valence electrons. The van der Waals surface area contributed by atoms with Crippen LogP contribution < -0.4 is 9.64 Å². The van der Waals surface area contributed by atoms with Gasteiger partial charge in [0.2, 0.25) is 5.88 Å². The van der Waals surface area contributed by atoms with Crippen molar-refractivity contribution in [2.24, 2.45) is 0 Å². The third-order valence-corrected chi connectivity index (χ3v) is 4.26. The fourth-order valence-corrected chi connectivity index (χ4v) is 3.20. The second-order valence-electron chi connectivity index (χ2n) is 6.62. The Hall–Kier alpha value is -2.88. The van der Waals surface area contributed by atoms with Gasteiger partial charge in [-0.1, -0.05) is 36.4 Å². The summed E-state index contributed by atoms with van der Waals surface area (Å²) in [6.45, 7) is 6.06. The second-order valence-corrected chi connectivity index (χ2v) is 6.62. The zero-order valence-corrected chi connectivity index (χ0v) is 15.0. The van der Waals surface area contributed by atoms with Crippen molar-refractivity contribution < 1.29 is 9.53 Å². The lowest BCUT2D eigenvalue weighted by atomic mass is 9.91. The van der Waals surface area contributed by atoms with Gasteiger partial charge in [0, 0.05) is 12.1 Å². The van der Waals surface area contributed by atoms with E-state index in [1.54, 1.807) is 24.2 Å². The molecule has 1 aromatic carbocycles. The maximum atomic E-state index is 13.0. The molecule has 4 heteroatoms. The lowest BCUT2D eigenvalue weighted by Gasteiger charge is -2.40. The molecule has 1 aromatic heterocycles. The summed E-state index contributed by atoms with van der Waals surface area (Å²) in [6, 6.07) is 13.5. The van der Waals surface area contributed by atoms with Gasteiger partial charge in [-0.25, -0.2) is 4.98 Å². The largest absolute Gasteiger partial charge is 0.481 e. The first-order chi connectivity index (χ1) is 11.9. The number of aromatic nitrogens is 1. The summed E-state index contributed by atoms with van der Waals surface area (Å²) in [5.74, 6) is 0.462. The minimum atomic E-state index is -0.439. The quantitative estimate of drug-likeness (QED) is 0.785. The van der Waals surface area contributed by atoms with Crippen molar-refractivity contribution in [3.05, 3.63) is 65.9 Å². The third-order valence-electron chi connectivity index (χ3n) is 4.26. The molecule has 0 atom stereocenters. The lowest BCUT2D eigenvalue weighted by Crippen LogP contribution is -2.48. The highest BCUT2D eigenvalue weighted by atomic mass is 16.5. The number of hydrogen-bond acceptors (Lipinski definition) is 3. The molecule has 0 fully saturated rings.